The standard InChI is InChI=1S/C51H60O5/c1-7-45(52)30-31-47(51(4,5)56-6)50(55)44-17-12-16-43(34-44)48(53)32-26-37-19-21-39(22-20-37)33-42(41-14-9-8-10-15-41)29-25-38-23-27-40(28-24-38)36(3)49(54)46-18-11-13-35(46)2/h1,8-10,14-15,19-24,27-29,36,43-44,46-47H,2,11-13,16-18,25-26,30-34H2,3-6H3/b42-29-/t36?,43-,44?,46-,47-/m1/s1. The summed E-state index contributed by atoms with van der Waals surface area (Å²) in [6.45, 7) is 9.93. The van der Waals surface area contributed by atoms with Crippen LogP contribution in [0.15, 0.2) is 97.1 Å². The molecule has 0 N–H and O–H groups in total. The molecule has 2 saturated carbocycles. The van der Waals surface area contributed by atoms with E-state index in [1.54, 1.807) is 7.11 Å². The van der Waals surface area contributed by atoms with Gasteiger partial charge in [-0.05, 0) is 117 Å². The van der Waals surface area contributed by atoms with Gasteiger partial charge in [0.1, 0.15) is 17.3 Å². The second kappa shape index (κ2) is 20.0. The second-order valence-corrected chi connectivity index (χ2v) is 16.7. The molecule has 2 unspecified atom stereocenters. The molecule has 0 heterocycles. The van der Waals surface area contributed by atoms with Crippen molar-refractivity contribution in [1.82, 2.24) is 0 Å². The number of ether oxygens (including phenoxy) is 1. The van der Waals surface area contributed by atoms with Crippen molar-refractivity contribution in [2.24, 2.45) is 23.7 Å². The van der Waals surface area contributed by atoms with Crippen LogP contribution in [0.3, 0.4) is 0 Å². The van der Waals surface area contributed by atoms with E-state index < -0.39 is 11.5 Å². The molecule has 2 aliphatic rings. The maximum atomic E-state index is 13.8. The molecule has 0 spiro atoms. The third-order valence-corrected chi connectivity index (χ3v) is 12.6. The molecule has 0 aliphatic heterocycles. The Morgan fingerprint density at radius 3 is 2.16 bits per heavy atom. The maximum absolute atomic E-state index is 13.8. The van der Waals surface area contributed by atoms with Crippen molar-refractivity contribution in [2.75, 3.05) is 7.11 Å². The topological polar surface area (TPSA) is 77.5 Å². The van der Waals surface area contributed by atoms with Gasteiger partial charge < -0.3 is 4.74 Å². The highest BCUT2D eigenvalue weighted by atomic mass is 16.5. The first-order chi connectivity index (χ1) is 26.9. The van der Waals surface area contributed by atoms with Crippen LogP contribution in [0.5, 0.6) is 0 Å². The van der Waals surface area contributed by atoms with Gasteiger partial charge in [0.2, 0.25) is 5.78 Å². The molecule has 3 aromatic rings. The molecular weight excluding hydrogens is 693 g/mol. The summed E-state index contributed by atoms with van der Waals surface area (Å²) < 4.78 is 5.69. The lowest BCUT2D eigenvalue weighted by Gasteiger charge is -2.36. The smallest absolute Gasteiger partial charge is 0.205 e. The molecule has 0 amide bonds. The molecule has 56 heavy (non-hydrogen) atoms. The summed E-state index contributed by atoms with van der Waals surface area (Å²) >= 11 is 0. The lowest BCUT2D eigenvalue weighted by atomic mass is 9.71. The van der Waals surface area contributed by atoms with Crippen molar-refractivity contribution < 1.29 is 23.9 Å². The Morgan fingerprint density at radius 1 is 0.857 bits per heavy atom. The van der Waals surface area contributed by atoms with E-state index in [1.165, 1.54) is 22.3 Å². The quantitative estimate of drug-likeness (QED) is 0.0692. The van der Waals surface area contributed by atoms with Crippen molar-refractivity contribution in [3.8, 4) is 12.3 Å². The largest absolute Gasteiger partial charge is 0.378 e. The lowest BCUT2D eigenvalue weighted by molar-refractivity contribution is -0.139. The van der Waals surface area contributed by atoms with Gasteiger partial charge in [0, 0.05) is 49.5 Å². The van der Waals surface area contributed by atoms with Gasteiger partial charge in [0.25, 0.3) is 0 Å². The van der Waals surface area contributed by atoms with Gasteiger partial charge in [-0.15, -0.1) is 6.42 Å². The van der Waals surface area contributed by atoms with E-state index in [4.69, 9.17) is 11.2 Å². The molecule has 5 rings (SSSR count). The molecule has 2 aliphatic carbocycles. The Hall–Kier alpha value is -4.66. The Bertz CT molecular complexity index is 1910. The van der Waals surface area contributed by atoms with Crippen molar-refractivity contribution in [3.05, 3.63) is 125 Å². The predicted octanol–water partition coefficient (Wildman–Crippen LogP) is 10.5. The Balaban J connectivity index is 1.17. The first-order valence-electron chi connectivity index (χ1n) is 20.6. The zero-order valence-electron chi connectivity index (χ0n) is 34.0. The molecule has 0 aromatic heterocycles. The van der Waals surface area contributed by atoms with Crippen LogP contribution in [-0.2, 0) is 43.2 Å². The highest BCUT2D eigenvalue weighted by Gasteiger charge is 2.41. The van der Waals surface area contributed by atoms with E-state index in [2.05, 4.69) is 91.4 Å². The molecular formula is C51H60O5. The number of ketones is 4. The maximum Gasteiger partial charge on any atom is 0.205 e. The molecule has 5 heteroatoms. The third kappa shape index (κ3) is 11.2. The zero-order chi connectivity index (χ0) is 40.2. The van der Waals surface area contributed by atoms with Crippen molar-refractivity contribution in [3.63, 3.8) is 0 Å². The van der Waals surface area contributed by atoms with Crippen molar-refractivity contribution >= 4 is 28.7 Å². The number of methoxy groups -OCH3 is 1. The summed E-state index contributed by atoms with van der Waals surface area (Å²) in [5, 5.41) is 0. The number of aryl methyl sites for hydroxylation is 1. The minimum atomic E-state index is -0.730. The number of hydrogen-bond acceptors (Lipinski definition) is 5. The predicted molar refractivity (Wildman–Crippen MR) is 226 cm³/mol. The van der Waals surface area contributed by atoms with Gasteiger partial charge in [0.05, 0.1) is 5.60 Å². The van der Waals surface area contributed by atoms with Gasteiger partial charge in [-0.3, -0.25) is 19.2 Å². The van der Waals surface area contributed by atoms with Crippen LogP contribution in [0.25, 0.3) is 5.57 Å². The number of carbonyl (C=O) groups is 4. The summed E-state index contributed by atoms with van der Waals surface area (Å²) in [5.74, 6) is 1.51. The van der Waals surface area contributed by atoms with Crippen LogP contribution in [0.1, 0.15) is 119 Å². The highest BCUT2D eigenvalue weighted by molar-refractivity contribution is 5.95. The van der Waals surface area contributed by atoms with Crippen LogP contribution in [0.4, 0.5) is 0 Å². The number of benzene rings is 3. The molecule has 3 aromatic carbocycles. The van der Waals surface area contributed by atoms with Gasteiger partial charge in [-0.2, -0.15) is 0 Å². The average molecular weight is 753 g/mol. The minimum Gasteiger partial charge on any atom is -0.378 e. The number of rotatable bonds is 19. The van der Waals surface area contributed by atoms with E-state index >= 15 is 0 Å². The van der Waals surface area contributed by atoms with E-state index in [0.717, 1.165) is 68.1 Å². The average Bonchev–Trinajstić information content (AvgIpc) is 3.67. The van der Waals surface area contributed by atoms with Gasteiger partial charge in [-0.25, -0.2) is 0 Å². The summed E-state index contributed by atoms with van der Waals surface area (Å²) in [4.78, 5) is 52.3. The lowest BCUT2D eigenvalue weighted by Crippen LogP contribution is -2.43. The fourth-order valence-electron chi connectivity index (χ4n) is 8.71. The summed E-state index contributed by atoms with van der Waals surface area (Å²) in [7, 11) is 1.59. The van der Waals surface area contributed by atoms with Crippen LogP contribution in [-0.4, -0.2) is 35.8 Å². The minimum absolute atomic E-state index is 0.00496. The first kappa shape index (κ1) is 42.5. The SMILES string of the molecule is C#CC(=O)CC[C@H](C(=O)C1CCC[C@@H](C(=O)CCc2ccc(C/C(=C/Cc3ccc(C(C)C(=O)[C@@H]4CCCC4=C)cc3)c3ccccc3)cc2)C1)C(C)(C)OC. The summed E-state index contributed by atoms with van der Waals surface area (Å²) in [5.41, 5.74) is 7.40. The summed E-state index contributed by atoms with van der Waals surface area (Å²) in [6, 6.07) is 27.6. The normalized spacial score (nSPS) is 19.9. The zero-order valence-corrected chi connectivity index (χ0v) is 34.0. The first-order valence-corrected chi connectivity index (χ1v) is 20.6. The van der Waals surface area contributed by atoms with E-state index in [0.29, 0.717) is 31.5 Å². The Kier molecular flexibility index (Phi) is 15.1. The van der Waals surface area contributed by atoms with E-state index in [1.807, 2.05) is 26.8 Å². The Labute approximate surface area is 335 Å². The summed E-state index contributed by atoms with van der Waals surface area (Å²) in [6.07, 6.45) is 16.7. The monoisotopic (exact) mass is 752 g/mol. The van der Waals surface area contributed by atoms with Crippen LogP contribution >= 0.6 is 0 Å². The number of terminal acetylenes is 1. The molecule has 0 saturated heterocycles. The molecule has 2 fully saturated rings. The number of hydrogen-bond donors (Lipinski definition) is 0. The van der Waals surface area contributed by atoms with Crippen molar-refractivity contribution in [2.45, 2.75) is 116 Å². The fourth-order valence-corrected chi connectivity index (χ4v) is 8.71. The molecule has 5 nitrogen and oxygen atoms in total. The molecule has 294 valence electrons. The molecule has 5 atom stereocenters. The van der Waals surface area contributed by atoms with Crippen molar-refractivity contribution in [1.29, 1.82) is 0 Å². The fraction of sp³-hybridized carbons (Fsp3) is 0.451. The van der Waals surface area contributed by atoms with Crippen LogP contribution in [0.2, 0.25) is 0 Å². The van der Waals surface area contributed by atoms with Gasteiger partial charge in [-0.1, -0.05) is 110 Å². The van der Waals surface area contributed by atoms with E-state index in [-0.39, 0.29) is 47.4 Å². The van der Waals surface area contributed by atoms with E-state index in [9.17, 15) is 19.2 Å². The number of carbonyl (C=O) groups excluding carboxylic acids is 4. The van der Waals surface area contributed by atoms with Crippen LogP contribution < -0.4 is 0 Å². The second-order valence-electron chi connectivity index (χ2n) is 16.7. The number of allylic oxidation sites excluding steroid dienone is 3. The van der Waals surface area contributed by atoms with Crippen LogP contribution in [0, 0.1) is 36.0 Å². The third-order valence-electron chi connectivity index (χ3n) is 12.6. The van der Waals surface area contributed by atoms with Gasteiger partial charge >= 0.3 is 0 Å². The molecule has 0 radical (unpaired) electrons. The molecule has 0 bridgehead atoms. The Morgan fingerprint density at radius 2 is 1.52 bits per heavy atom. The number of Topliss-reactive ketones (excluding diaryl/α,β-unsaturated/α-hetero) is 4. The van der Waals surface area contributed by atoms with Gasteiger partial charge in [0.15, 0.2) is 0 Å². The highest BCUT2D eigenvalue weighted by Crippen LogP contribution is 2.38.